The molecule has 0 aliphatic carbocycles. The zero-order chi connectivity index (χ0) is 10.6. The Morgan fingerprint density at radius 1 is 1.64 bits per heavy atom. The van der Waals surface area contributed by atoms with Crippen molar-refractivity contribution in [3.8, 4) is 0 Å². The van der Waals surface area contributed by atoms with Crippen LogP contribution in [0.25, 0.3) is 0 Å². The Balaban J connectivity index is 2.35. The lowest BCUT2D eigenvalue weighted by Crippen LogP contribution is -2.35. The smallest absolute Gasteiger partial charge is 0.450 e. The lowest BCUT2D eigenvalue weighted by molar-refractivity contribution is -0.01000. The van der Waals surface area contributed by atoms with Crippen molar-refractivity contribution in [1.29, 1.82) is 0 Å². The fourth-order valence-corrected chi connectivity index (χ4v) is 1.37. The number of carbonyl (C=O) groups is 1. The molecule has 0 fully saturated rings. The summed E-state index contributed by atoms with van der Waals surface area (Å²) in [4.78, 5) is 14.2. The van der Waals surface area contributed by atoms with E-state index in [0.29, 0.717) is 6.67 Å². The van der Waals surface area contributed by atoms with Gasteiger partial charge in [0.1, 0.15) is 0 Å². The summed E-state index contributed by atoms with van der Waals surface area (Å²) in [6.07, 6.45) is 3.21. The van der Waals surface area contributed by atoms with Crippen LogP contribution in [-0.2, 0) is 4.74 Å². The number of hydrogen-bond donors (Lipinski definition) is 1. The molecule has 0 spiro atoms. The molecule has 80 valence electrons. The first kappa shape index (κ1) is 10.7. The molecule has 5 heteroatoms. The highest BCUT2D eigenvalue weighted by atomic mass is 16.7. The highest BCUT2D eigenvalue weighted by Crippen LogP contribution is 2.11. The number of hydrogen-bond acceptors (Lipinski definition) is 4. The van der Waals surface area contributed by atoms with E-state index in [-0.39, 0.29) is 0 Å². The summed E-state index contributed by atoms with van der Waals surface area (Å²) in [5.41, 5.74) is 0. The summed E-state index contributed by atoms with van der Waals surface area (Å²) in [7, 11) is 0. The van der Waals surface area contributed by atoms with Crippen LogP contribution in [-0.4, -0.2) is 40.5 Å². The SMILES string of the molecule is CCCN1C=CN(C(C)OC(=O)O)C1. The number of rotatable bonds is 4. The van der Waals surface area contributed by atoms with Crippen LogP contribution < -0.4 is 0 Å². The molecule has 1 N–H and O–H groups in total. The topological polar surface area (TPSA) is 53.0 Å². The zero-order valence-corrected chi connectivity index (χ0v) is 8.51. The molecule has 0 radical (unpaired) electrons. The number of nitrogens with zero attached hydrogens (tertiary/aromatic N) is 2. The van der Waals surface area contributed by atoms with Crippen LogP contribution in [0.4, 0.5) is 4.79 Å². The van der Waals surface area contributed by atoms with E-state index in [1.807, 2.05) is 17.3 Å². The molecule has 1 aliphatic heterocycles. The highest BCUT2D eigenvalue weighted by molar-refractivity contribution is 5.56. The van der Waals surface area contributed by atoms with Crippen LogP contribution in [0, 0.1) is 0 Å². The van der Waals surface area contributed by atoms with Crippen molar-refractivity contribution < 1.29 is 14.6 Å². The molecule has 1 heterocycles. The Kier molecular flexibility index (Phi) is 3.62. The van der Waals surface area contributed by atoms with Gasteiger partial charge in [0.15, 0.2) is 6.23 Å². The van der Waals surface area contributed by atoms with Crippen LogP contribution in [0.1, 0.15) is 20.3 Å². The largest absolute Gasteiger partial charge is 0.507 e. The van der Waals surface area contributed by atoms with Gasteiger partial charge < -0.3 is 19.6 Å². The Morgan fingerprint density at radius 2 is 2.36 bits per heavy atom. The lowest BCUT2D eigenvalue weighted by atomic mass is 10.4. The highest BCUT2D eigenvalue weighted by Gasteiger charge is 2.19. The van der Waals surface area contributed by atoms with E-state index >= 15 is 0 Å². The van der Waals surface area contributed by atoms with Crippen LogP contribution in [0.5, 0.6) is 0 Å². The second-order valence-corrected chi connectivity index (χ2v) is 3.25. The fourth-order valence-electron chi connectivity index (χ4n) is 1.37. The third-order valence-electron chi connectivity index (χ3n) is 2.06. The average molecular weight is 200 g/mol. The van der Waals surface area contributed by atoms with Gasteiger partial charge in [-0.2, -0.15) is 0 Å². The molecule has 1 rings (SSSR count). The maximum atomic E-state index is 10.3. The summed E-state index contributed by atoms with van der Waals surface area (Å²) in [6, 6.07) is 0. The normalized spacial score (nSPS) is 17.3. The average Bonchev–Trinajstić information content (AvgIpc) is 2.52. The van der Waals surface area contributed by atoms with Gasteiger partial charge in [0.05, 0.1) is 6.67 Å². The predicted octanol–water partition coefficient (Wildman–Crippen LogP) is 1.48. The predicted molar refractivity (Wildman–Crippen MR) is 51.4 cm³/mol. The first-order valence-corrected chi connectivity index (χ1v) is 4.71. The van der Waals surface area contributed by atoms with Crippen molar-refractivity contribution in [3.05, 3.63) is 12.4 Å². The van der Waals surface area contributed by atoms with Crippen LogP contribution >= 0.6 is 0 Å². The first-order chi connectivity index (χ1) is 6.63. The van der Waals surface area contributed by atoms with Crippen molar-refractivity contribution in [3.63, 3.8) is 0 Å². The van der Waals surface area contributed by atoms with Gasteiger partial charge in [-0.1, -0.05) is 6.92 Å². The van der Waals surface area contributed by atoms with Gasteiger partial charge in [-0.3, -0.25) is 0 Å². The molecule has 0 aromatic carbocycles. The van der Waals surface area contributed by atoms with Crippen molar-refractivity contribution in [2.75, 3.05) is 13.2 Å². The fraction of sp³-hybridized carbons (Fsp3) is 0.667. The van der Waals surface area contributed by atoms with Crippen LogP contribution in [0.2, 0.25) is 0 Å². The minimum Gasteiger partial charge on any atom is -0.450 e. The molecule has 0 aromatic rings. The van der Waals surface area contributed by atoms with Gasteiger partial charge in [-0.05, 0) is 13.3 Å². The molecule has 5 nitrogen and oxygen atoms in total. The van der Waals surface area contributed by atoms with E-state index in [1.165, 1.54) is 0 Å². The number of carboxylic acid groups (broad SMARTS) is 1. The Morgan fingerprint density at radius 3 is 2.93 bits per heavy atom. The molecule has 0 saturated heterocycles. The first-order valence-electron chi connectivity index (χ1n) is 4.71. The summed E-state index contributed by atoms with van der Waals surface area (Å²) in [5, 5.41) is 8.43. The Bertz CT molecular complexity index is 230. The van der Waals surface area contributed by atoms with Crippen molar-refractivity contribution in [2.24, 2.45) is 0 Å². The van der Waals surface area contributed by atoms with Crippen molar-refractivity contribution >= 4 is 6.16 Å². The second kappa shape index (κ2) is 4.74. The van der Waals surface area contributed by atoms with E-state index < -0.39 is 12.4 Å². The van der Waals surface area contributed by atoms with E-state index in [4.69, 9.17) is 5.11 Å². The second-order valence-electron chi connectivity index (χ2n) is 3.25. The van der Waals surface area contributed by atoms with Gasteiger partial charge in [-0.25, -0.2) is 4.79 Å². The quantitative estimate of drug-likeness (QED) is 0.697. The standard InChI is InChI=1S/C9H16N2O3/c1-3-4-10-5-6-11(7-10)8(2)14-9(12)13/h5-6,8H,3-4,7H2,1-2H3,(H,12,13). The summed E-state index contributed by atoms with van der Waals surface area (Å²) in [6.45, 7) is 5.50. The third-order valence-corrected chi connectivity index (χ3v) is 2.06. The van der Waals surface area contributed by atoms with Crippen molar-refractivity contribution in [1.82, 2.24) is 9.80 Å². The molecule has 0 saturated carbocycles. The van der Waals surface area contributed by atoms with Gasteiger partial charge >= 0.3 is 6.16 Å². The maximum absolute atomic E-state index is 10.3. The summed E-state index contributed by atoms with van der Waals surface area (Å²) in [5.74, 6) is 0. The van der Waals surface area contributed by atoms with Gasteiger partial charge in [-0.15, -0.1) is 0 Å². The monoisotopic (exact) mass is 200 g/mol. The zero-order valence-electron chi connectivity index (χ0n) is 8.51. The molecule has 0 bridgehead atoms. The molecule has 1 unspecified atom stereocenters. The van der Waals surface area contributed by atoms with Crippen LogP contribution in [0.15, 0.2) is 12.4 Å². The van der Waals surface area contributed by atoms with E-state index in [9.17, 15) is 4.79 Å². The molecule has 14 heavy (non-hydrogen) atoms. The van der Waals surface area contributed by atoms with Crippen molar-refractivity contribution in [2.45, 2.75) is 26.5 Å². The van der Waals surface area contributed by atoms with Gasteiger partial charge in [0.2, 0.25) is 0 Å². The molecule has 1 atom stereocenters. The van der Waals surface area contributed by atoms with Gasteiger partial charge in [0, 0.05) is 18.9 Å². The van der Waals surface area contributed by atoms with E-state index in [2.05, 4.69) is 16.6 Å². The number of ether oxygens (including phenoxy) is 1. The summed E-state index contributed by atoms with van der Waals surface area (Å²) < 4.78 is 4.63. The molecule has 0 amide bonds. The Labute approximate surface area is 83.6 Å². The molecular weight excluding hydrogens is 184 g/mol. The van der Waals surface area contributed by atoms with E-state index in [1.54, 1.807) is 6.92 Å². The molecule has 1 aliphatic rings. The minimum absolute atomic E-state index is 0.425. The van der Waals surface area contributed by atoms with E-state index in [0.717, 1.165) is 13.0 Å². The van der Waals surface area contributed by atoms with Crippen LogP contribution in [0.3, 0.4) is 0 Å². The molecule has 0 aromatic heterocycles. The maximum Gasteiger partial charge on any atom is 0.507 e. The third kappa shape index (κ3) is 2.83. The minimum atomic E-state index is -1.24. The summed E-state index contributed by atoms with van der Waals surface area (Å²) >= 11 is 0. The molecular formula is C9H16N2O3. The lowest BCUT2D eigenvalue weighted by Gasteiger charge is -2.25. The Hall–Kier alpha value is -1.39. The van der Waals surface area contributed by atoms with Gasteiger partial charge in [0.25, 0.3) is 0 Å².